The van der Waals surface area contributed by atoms with E-state index in [1.807, 2.05) is 12.4 Å². The molecule has 7 aromatic carbocycles. The Morgan fingerprint density at radius 2 is 0.863 bits per heavy atom. The highest BCUT2D eigenvalue weighted by atomic mass is 15.0. The number of hydrogen-bond acceptors (Lipinski definition) is 1. The molecule has 0 unspecified atom stereocenters. The smallest absolute Gasteiger partial charge is 0.0724 e. The van der Waals surface area contributed by atoms with Gasteiger partial charge in [-0.25, -0.2) is 0 Å². The number of rotatable bonds is 4. The first kappa shape index (κ1) is 28.0. The lowest BCUT2D eigenvalue weighted by atomic mass is 10.0. The van der Waals surface area contributed by atoms with Crippen molar-refractivity contribution in [1.29, 1.82) is 0 Å². The summed E-state index contributed by atoms with van der Waals surface area (Å²) in [7, 11) is 0. The SMILES string of the molecule is c1ccc(-n2c3ccccc3c3c2ccc2c4ccncc4n(-c4cccc(-c5cccc(-n6c7ccccc7c7ccccc76)c5)c4)c23)cc1. The minimum absolute atomic E-state index is 1.09. The van der Waals surface area contributed by atoms with E-state index in [1.54, 1.807) is 0 Å². The fourth-order valence-electron chi connectivity index (χ4n) is 8.38. The third kappa shape index (κ3) is 4.05. The maximum Gasteiger partial charge on any atom is 0.0724 e. The van der Waals surface area contributed by atoms with Crippen molar-refractivity contribution in [2.75, 3.05) is 0 Å². The monoisotopic (exact) mass is 650 g/mol. The summed E-state index contributed by atoms with van der Waals surface area (Å²) >= 11 is 0. The molecule has 0 radical (unpaired) electrons. The van der Waals surface area contributed by atoms with E-state index < -0.39 is 0 Å². The van der Waals surface area contributed by atoms with E-state index in [0.29, 0.717) is 0 Å². The van der Waals surface area contributed by atoms with Gasteiger partial charge in [0.15, 0.2) is 0 Å². The number of benzene rings is 7. The average molecular weight is 651 g/mol. The number of aromatic nitrogens is 4. The van der Waals surface area contributed by atoms with Crippen molar-refractivity contribution in [3.63, 3.8) is 0 Å². The zero-order valence-electron chi connectivity index (χ0n) is 27.6. The number of para-hydroxylation sites is 4. The fourth-order valence-corrected chi connectivity index (χ4v) is 8.38. The summed E-state index contributed by atoms with van der Waals surface area (Å²) in [4.78, 5) is 4.63. The molecule has 0 spiro atoms. The first-order valence-electron chi connectivity index (χ1n) is 17.4. The molecule has 0 aliphatic rings. The molecule has 238 valence electrons. The van der Waals surface area contributed by atoms with Crippen LogP contribution in [-0.4, -0.2) is 18.7 Å². The Hall–Kier alpha value is -6.91. The van der Waals surface area contributed by atoms with Gasteiger partial charge in [-0.15, -0.1) is 0 Å². The molecule has 0 fully saturated rings. The Bertz CT molecular complexity index is 3090. The summed E-state index contributed by atoms with van der Waals surface area (Å²) < 4.78 is 7.19. The molecule has 4 heterocycles. The van der Waals surface area contributed by atoms with E-state index in [1.165, 1.54) is 65.5 Å². The van der Waals surface area contributed by atoms with Crippen molar-refractivity contribution in [3.05, 3.63) is 182 Å². The lowest BCUT2D eigenvalue weighted by molar-refractivity contribution is 1.16. The van der Waals surface area contributed by atoms with Gasteiger partial charge < -0.3 is 13.7 Å². The normalized spacial score (nSPS) is 11.9. The summed E-state index contributed by atoms with van der Waals surface area (Å²) in [6.07, 6.45) is 3.91. The number of hydrogen-bond donors (Lipinski definition) is 0. The molecule has 0 bridgehead atoms. The van der Waals surface area contributed by atoms with Gasteiger partial charge in [0.1, 0.15) is 0 Å². The first-order valence-corrected chi connectivity index (χ1v) is 17.4. The molecule has 0 atom stereocenters. The van der Waals surface area contributed by atoms with Crippen LogP contribution >= 0.6 is 0 Å². The van der Waals surface area contributed by atoms with Gasteiger partial charge in [-0.1, -0.05) is 103 Å². The predicted octanol–water partition coefficient (Wildman–Crippen LogP) is 12.0. The Morgan fingerprint density at radius 1 is 0.333 bits per heavy atom. The molecule has 0 amide bonds. The lowest BCUT2D eigenvalue weighted by Gasteiger charge is -2.13. The molecule has 0 N–H and O–H groups in total. The van der Waals surface area contributed by atoms with Gasteiger partial charge in [-0.2, -0.15) is 0 Å². The Morgan fingerprint density at radius 3 is 1.55 bits per heavy atom. The van der Waals surface area contributed by atoms with Crippen LogP contribution in [0.5, 0.6) is 0 Å². The van der Waals surface area contributed by atoms with Gasteiger partial charge in [0.25, 0.3) is 0 Å². The Kier molecular flexibility index (Phi) is 5.92. The van der Waals surface area contributed by atoms with Crippen molar-refractivity contribution in [3.8, 4) is 28.2 Å². The van der Waals surface area contributed by atoms with Gasteiger partial charge in [0.2, 0.25) is 0 Å². The van der Waals surface area contributed by atoms with Crippen LogP contribution in [0, 0.1) is 0 Å². The molecule has 11 rings (SSSR count). The van der Waals surface area contributed by atoms with E-state index in [0.717, 1.165) is 28.1 Å². The summed E-state index contributed by atoms with van der Waals surface area (Å²) in [5.41, 5.74) is 12.8. The molecular formula is C47H30N4. The second-order valence-electron chi connectivity index (χ2n) is 13.2. The number of pyridine rings is 1. The van der Waals surface area contributed by atoms with Crippen molar-refractivity contribution in [2.24, 2.45) is 0 Å². The Labute approximate surface area is 293 Å². The van der Waals surface area contributed by atoms with E-state index in [-0.39, 0.29) is 0 Å². The molecule has 4 heteroatoms. The highest BCUT2D eigenvalue weighted by Gasteiger charge is 2.21. The predicted molar refractivity (Wildman–Crippen MR) is 213 cm³/mol. The van der Waals surface area contributed by atoms with E-state index in [4.69, 9.17) is 0 Å². The van der Waals surface area contributed by atoms with Gasteiger partial charge in [-0.3, -0.25) is 4.98 Å². The van der Waals surface area contributed by atoms with Gasteiger partial charge >= 0.3 is 0 Å². The van der Waals surface area contributed by atoms with Gasteiger partial charge in [0.05, 0.1) is 39.3 Å². The second kappa shape index (κ2) is 10.8. The molecule has 0 saturated heterocycles. The number of nitrogens with zero attached hydrogens (tertiary/aromatic N) is 4. The van der Waals surface area contributed by atoms with Crippen LogP contribution in [0.15, 0.2) is 182 Å². The lowest BCUT2D eigenvalue weighted by Crippen LogP contribution is -1.97. The molecule has 51 heavy (non-hydrogen) atoms. The molecular weight excluding hydrogens is 621 g/mol. The zero-order valence-corrected chi connectivity index (χ0v) is 27.6. The van der Waals surface area contributed by atoms with Gasteiger partial charge in [-0.05, 0) is 77.9 Å². The standard InChI is InChI=1S/C47H30N4/c1-2-14-33(15-3-1)49-43-23-9-6-20-40(43)46-44(49)25-24-39-38-26-27-48-30-45(38)51(47(39)46)35-17-11-13-32(29-35)31-12-10-16-34(28-31)50-41-21-7-4-18-36(41)37-19-5-8-22-42(37)50/h1-30H. The molecule has 0 aliphatic heterocycles. The van der Waals surface area contributed by atoms with Crippen LogP contribution in [0.1, 0.15) is 0 Å². The van der Waals surface area contributed by atoms with E-state index in [9.17, 15) is 0 Å². The maximum atomic E-state index is 4.63. The highest BCUT2D eigenvalue weighted by Crippen LogP contribution is 2.42. The zero-order chi connectivity index (χ0) is 33.5. The van der Waals surface area contributed by atoms with E-state index in [2.05, 4.69) is 189 Å². The largest absolute Gasteiger partial charge is 0.309 e. The van der Waals surface area contributed by atoms with Crippen molar-refractivity contribution in [1.82, 2.24) is 18.7 Å². The third-order valence-electron chi connectivity index (χ3n) is 10.5. The molecule has 4 nitrogen and oxygen atoms in total. The molecule has 4 aromatic heterocycles. The first-order chi connectivity index (χ1) is 25.3. The van der Waals surface area contributed by atoms with Gasteiger partial charge in [0, 0.05) is 55.6 Å². The average Bonchev–Trinajstić information content (AvgIpc) is 3.84. The summed E-state index contributed by atoms with van der Waals surface area (Å²) in [5.74, 6) is 0. The van der Waals surface area contributed by atoms with Crippen LogP contribution in [0.4, 0.5) is 0 Å². The summed E-state index contributed by atoms with van der Waals surface area (Å²) in [6.45, 7) is 0. The third-order valence-corrected chi connectivity index (χ3v) is 10.5. The van der Waals surface area contributed by atoms with Crippen LogP contribution in [-0.2, 0) is 0 Å². The highest BCUT2D eigenvalue weighted by molar-refractivity contribution is 6.26. The van der Waals surface area contributed by atoms with Crippen molar-refractivity contribution in [2.45, 2.75) is 0 Å². The summed E-state index contributed by atoms with van der Waals surface area (Å²) in [6, 6.07) is 61.4. The minimum atomic E-state index is 1.09. The van der Waals surface area contributed by atoms with Crippen molar-refractivity contribution >= 4 is 65.4 Å². The van der Waals surface area contributed by atoms with Crippen LogP contribution in [0.25, 0.3) is 93.6 Å². The molecule has 11 aromatic rings. The summed E-state index contributed by atoms with van der Waals surface area (Å²) in [5, 5.41) is 7.41. The topological polar surface area (TPSA) is 27.7 Å². The van der Waals surface area contributed by atoms with E-state index >= 15 is 0 Å². The Balaban J connectivity index is 1.16. The molecule has 0 aliphatic carbocycles. The quantitative estimate of drug-likeness (QED) is 0.186. The fraction of sp³-hybridized carbons (Fsp3) is 0. The van der Waals surface area contributed by atoms with Crippen molar-refractivity contribution < 1.29 is 0 Å². The maximum absolute atomic E-state index is 4.63. The molecule has 0 saturated carbocycles. The number of fused-ring (bicyclic) bond motifs is 10. The van der Waals surface area contributed by atoms with Crippen LogP contribution in [0.2, 0.25) is 0 Å². The van der Waals surface area contributed by atoms with Crippen LogP contribution in [0.3, 0.4) is 0 Å². The second-order valence-corrected chi connectivity index (χ2v) is 13.2. The van der Waals surface area contributed by atoms with Crippen LogP contribution < -0.4 is 0 Å². The minimum Gasteiger partial charge on any atom is -0.309 e.